The summed E-state index contributed by atoms with van der Waals surface area (Å²) in [5.74, 6) is -0.190. The number of halogens is 3. The second-order valence-corrected chi connectivity index (χ2v) is 9.85. The maximum absolute atomic E-state index is 14.5. The van der Waals surface area contributed by atoms with Crippen molar-refractivity contribution in [2.24, 2.45) is 0 Å². The zero-order valence-corrected chi connectivity index (χ0v) is 22.8. The van der Waals surface area contributed by atoms with Crippen molar-refractivity contribution in [1.29, 1.82) is 0 Å². The molecule has 0 aliphatic heterocycles. The lowest BCUT2D eigenvalue weighted by Crippen LogP contribution is -2.02. The first kappa shape index (κ1) is 27.2. The molecule has 1 heterocycles. The molecule has 0 amide bonds. The number of nitrogens with zero attached hydrogens (tertiary/aromatic N) is 2. The Morgan fingerprint density at radius 1 is 1.00 bits per heavy atom. The first-order valence-electron chi connectivity index (χ1n) is 12.3. The predicted octanol–water partition coefficient (Wildman–Crippen LogP) is 8.59. The number of imidazole rings is 1. The number of methoxy groups -OCH3 is 1. The zero-order valence-electron chi connectivity index (χ0n) is 21.3. The molecule has 1 aromatic heterocycles. The summed E-state index contributed by atoms with van der Waals surface area (Å²) in [5, 5.41) is 10.2. The smallest absolute Gasteiger partial charge is 0.335 e. The molecule has 0 spiro atoms. The Balaban J connectivity index is 1.47. The molecule has 0 aliphatic rings. The van der Waals surface area contributed by atoms with Gasteiger partial charge in [0.05, 0.1) is 29.0 Å². The van der Waals surface area contributed by atoms with Gasteiger partial charge in [-0.05, 0) is 65.2 Å². The first-order chi connectivity index (χ1) is 19.3. The molecule has 5 rings (SSSR count). The van der Waals surface area contributed by atoms with E-state index in [0.29, 0.717) is 45.0 Å². The van der Waals surface area contributed by atoms with Crippen LogP contribution in [0.3, 0.4) is 0 Å². The Hall–Kier alpha value is -4.39. The lowest BCUT2D eigenvalue weighted by atomic mass is 10.0. The molecule has 0 saturated heterocycles. The van der Waals surface area contributed by atoms with Crippen molar-refractivity contribution >= 4 is 41.3 Å². The molecule has 0 fully saturated rings. The summed E-state index contributed by atoms with van der Waals surface area (Å²) in [6.45, 7) is 0.462. The number of hydrogen-bond donors (Lipinski definition) is 1. The first-order valence-corrected chi connectivity index (χ1v) is 13.0. The molecule has 0 aliphatic carbocycles. The van der Waals surface area contributed by atoms with Gasteiger partial charge in [0.1, 0.15) is 17.4 Å². The average molecular weight is 573 g/mol. The number of carbonyl (C=O) groups is 1. The van der Waals surface area contributed by atoms with Crippen LogP contribution in [0.2, 0.25) is 10.0 Å². The van der Waals surface area contributed by atoms with Crippen LogP contribution in [0.1, 0.15) is 27.3 Å². The molecule has 8 heteroatoms. The van der Waals surface area contributed by atoms with E-state index in [9.17, 15) is 14.3 Å². The van der Waals surface area contributed by atoms with Gasteiger partial charge in [-0.2, -0.15) is 0 Å². The largest absolute Gasteiger partial charge is 0.496 e. The van der Waals surface area contributed by atoms with Gasteiger partial charge in [0.25, 0.3) is 0 Å². The Morgan fingerprint density at radius 3 is 2.42 bits per heavy atom. The maximum Gasteiger partial charge on any atom is 0.335 e. The maximum atomic E-state index is 14.5. The lowest BCUT2D eigenvalue weighted by Gasteiger charge is -2.10. The third kappa shape index (κ3) is 5.93. The minimum absolute atomic E-state index is 0.222. The monoisotopic (exact) mass is 572 g/mol. The molecular formula is C32H23Cl2FN2O3. The van der Waals surface area contributed by atoms with Gasteiger partial charge >= 0.3 is 5.97 Å². The van der Waals surface area contributed by atoms with E-state index in [1.54, 1.807) is 48.5 Å². The highest BCUT2D eigenvalue weighted by Crippen LogP contribution is 2.33. The second kappa shape index (κ2) is 11.8. The Labute approximate surface area is 240 Å². The molecule has 0 atom stereocenters. The van der Waals surface area contributed by atoms with Crippen molar-refractivity contribution < 1.29 is 19.0 Å². The van der Waals surface area contributed by atoms with Gasteiger partial charge in [0.15, 0.2) is 0 Å². The van der Waals surface area contributed by atoms with Crippen molar-refractivity contribution in [3.05, 3.63) is 130 Å². The molecule has 0 unspecified atom stereocenters. The average Bonchev–Trinajstić information content (AvgIpc) is 3.34. The van der Waals surface area contributed by atoms with E-state index in [-0.39, 0.29) is 11.4 Å². The topological polar surface area (TPSA) is 64.4 Å². The Kier molecular flexibility index (Phi) is 8.01. The minimum Gasteiger partial charge on any atom is -0.496 e. The highest BCUT2D eigenvalue weighted by atomic mass is 35.5. The van der Waals surface area contributed by atoms with E-state index in [4.69, 9.17) is 32.9 Å². The minimum atomic E-state index is -0.975. The molecule has 0 saturated carbocycles. The fourth-order valence-corrected chi connectivity index (χ4v) is 4.86. The summed E-state index contributed by atoms with van der Waals surface area (Å²) < 4.78 is 21.8. The standard InChI is InChI=1S/C32H23Cl2FN2O3/c1-40-29-4-2-3-27(35)31(29)22-10-5-20(6-11-22)9-16-30-36-28(25-15-14-24(33)17-26(25)34)19-37(30)18-21-7-12-23(13-8-21)32(38)39/h2-17,19H,18H2,1H3,(H,38,39)/b16-9+. The summed E-state index contributed by atoms with van der Waals surface area (Å²) >= 11 is 12.5. The van der Waals surface area contributed by atoms with Crippen LogP contribution in [0.4, 0.5) is 4.39 Å². The van der Waals surface area contributed by atoms with Gasteiger partial charge in [0.2, 0.25) is 0 Å². The van der Waals surface area contributed by atoms with Crippen LogP contribution < -0.4 is 4.74 Å². The van der Waals surface area contributed by atoms with E-state index in [1.807, 2.05) is 53.2 Å². The molecule has 0 bridgehead atoms. The van der Waals surface area contributed by atoms with Gasteiger partial charge in [0, 0.05) is 23.3 Å². The summed E-state index contributed by atoms with van der Waals surface area (Å²) in [6.07, 6.45) is 5.70. The van der Waals surface area contributed by atoms with Gasteiger partial charge in [-0.3, -0.25) is 0 Å². The number of benzene rings is 4. The summed E-state index contributed by atoms with van der Waals surface area (Å²) in [5.41, 5.74) is 4.56. The number of rotatable bonds is 8. The fourth-order valence-electron chi connectivity index (χ4n) is 4.35. The van der Waals surface area contributed by atoms with E-state index in [0.717, 1.165) is 16.7 Å². The van der Waals surface area contributed by atoms with Crippen LogP contribution >= 0.6 is 23.2 Å². The lowest BCUT2D eigenvalue weighted by molar-refractivity contribution is 0.0697. The van der Waals surface area contributed by atoms with E-state index < -0.39 is 5.97 Å². The molecule has 5 nitrogen and oxygen atoms in total. The quantitative estimate of drug-likeness (QED) is 0.202. The molecular weight excluding hydrogens is 550 g/mol. The number of aromatic nitrogens is 2. The Bertz CT molecular complexity index is 1710. The van der Waals surface area contributed by atoms with Gasteiger partial charge < -0.3 is 14.4 Å². The normalized spacial score (nSPS) is 11.2. The summed E-state index contributed by atoms with van der Waals surface area (Å²) in [6, 6.07) is 24.2. The highest BCUT2D eigenvalue weighted by molar-refractivity contribution is 6.36. The fraction of sp³-hybridized carbons (Fsp3) is 0.0625. The van der Waals surface area contributed by atoms with E-state index >= 15 is 0 Å². The van der Waals surface area contributed by atoms with Crippen molar-refractivity contribution in [2.45, 2.75) is 6.54 Å². The number of carboxylic acid groups (broad SMARTS) is 1. The van der Waals surface area contributed by atoms with E-state index in [2.05, 4.69) is 0 Å². The second-order valence-electron chi connectivity index (χ2n) is 9.01. The number of aromatic carboxylic acids is 1. The van der Waals surface area contributed by atoms with Crippen molar-refractivity contribution in [1.82, 2.24) is 9.55 Å². The summed E-state index contributed by atoms with van der Waals surface area (Å²) in [7, 11) is 1.52. The van der Waals surface area contributed by atoms with Crippen LogP contribution in [-0.4, -0.2) is 27.7 Å². The molecule has 200 valence electrons. The van der Waals surface area contributed by atoms with Crippen LogP contribution in [0.5, 0.6) is 5.75 Å². The van der Waals surface area contributed by atoms with Crippen molar-refractivity contribution in [2.75, 3.05) is 7.11 Å². The molecule has 5 aromatic rings. The Morgan fingerprint density at radius 2 is 1.75 bits per heavy atom. The van der Waals surface area contributed by atoms with Crippen LogP contribution in [0, 0.1) is 5.82 Å². The third-order valence-corrected chi connectivity index (χ3v) is 6.94. The number of ether oxygens (including phenoxy) is 1. The van der Waals surface area contributed by atoms with Gasteiger partial charge in [-0.1, -0.05) is 71.7 Å². The SMILES string of the molecule is COc1cccc(F)c1-c1ccc(/C=C/c2nc(-c3ccc(Cl)cc3Cl)cn2Cc2ccc(C(=O)O)cc2)cc1. The van der Waals surface area contributed by atoms with Crippen LogP contribution in [0.15, 0.2) is 91.1 Å². The molecule has 40 heavy (non-hydrogen) atoms. The third-order valence-electron chi connectivity index (χ3n) is 6.39. The molecule has 4 aromatic carbocycles. The van der Waals surface area contributed by atoms with E-state index in [1.165, 1.54) is 13.2 Å². The molecule has 0 radical (unpaired) electrons. The van der Waals surface area contributed by atoms with Crippen LogP contribution in [0.25, 0.3) is 34.5 Å². The van der Waals surface area contributed by atoms with Crippen molar-refractivity contribution in [3.63, 3.8) is 0 Å². The van der Waals surface area contributed by atoms with Gasteiger partial charge in [-0.15, -0.1) is 0 Å². The predicted molar refractivity (Wildman–Crippen MR) is 158 cm³/mol. The number of carboxylic acids is 1. The van der Waals surface area contributed by atoms with Crippen LogP contribution in [-0.2, 0) is 6.54 Å². The highest BCUT2D eigenvalue weighted by Gasteiger charge is 2.13. The molecule has 1 N–H and O–H groups in total. The van der Waals surface area contributed by atoms with Crippen molar-refractivity contribution in [3.8, 4) is 28.1 Å². The summed E-state index contributed by atoms with van der Waals surface area (Å²) in [4.78, 5) is 16.1. The number of hydrogen-bond acceptors (Lipinski definition) is 3. The van der Waals surface area contributed by atoms with Gasteiger partial charge in [-0.25, -0.2) is 14.2 Å². The zero-order chi connectivity index (χ0) is 28.2.